The lowest BCUT2D eigenvalue weighted by molar-refractivity contribution is -0.137. The maximum absolute atomic E-state index is 13.0. The van der Waals surface area contributed by atoms with E-state index in [2.05, 4.69) is 35.9 Å². The number of carbonyl (C=O) groups excluding carboxylic acids is 3. The first-order valence-electron chi connectivity index (χ1n) is 10.0. The highest BCUT2D eigenvalue weighted by Gasteiger charge is 2.34. The zero-order chi connectivity index (χ0) is 26.5. The molecule has 0 aliphatic heterocycles. The minimum absolute atomic E-state index is 0.0128. The second-order valence-electron chi connectivity index (χ2n) is 7.03. The number of aliphatic hydroxyl groups is 1. The molecule has 0 fully saturated rings. The van der Waals surface area contributed by atoms with Gasteiger partial charge in [0.05, 0.1) is 29.4 Å². The van der Waals surface area contributed by atoms with E-state index in [9.17, 15) is 27.6 Å². The summed E-state index contributed by atoms with van der Waals surface area (Å²) in [5, 5.41) is 15.8. The molecule has 3 heterocycles. The topological polar surface area (TPSA) is 159 Å². The van der Waals surface area contributed by atoms with E-state index >= 15 is 0 Å². The van der Waals surface area contributed by atoms with Crippen LogP contribution in [0, 0.1) is 0 Å². The van der Waals surface area contributed by atoms with Crippen molar-refractivity contribution in [3.8, 4) is 0 Å². The van der Waals surface area contributed by atoms with E-state index in [0.717, 1.165) is 23.9 Å². The van der Waals surface area contributed by atoms with Crippen LogP contribution in [0.2, 0.25) is 5.02 Å². The number of amides is 3. The third-order valence-corrected chi connectivity index (χ3v) is 5.88. The first-order valence-corrected chi connectivity index (χ1v) is 11.2. The molecule has 3 rings (SSSR count). The summed E-state index contributed by atoms with van der Waals surface area (Å²) in [5.74, 6) is -2.35. The molecule has 0 aliphatic rings. The number of thiazole rings is 1. The van der Waals surface area contributed by atoms with Gasteiger partial charge in [0.1, 0.15) is 33.4 Å². The first kappa shape index (κ1) is 26.9. The van der Waals surface area contributed by atoms with Crippen LogP contribution < -0.4 is 16.0 Å². The van der Waals surface area contributed by atoms with Crippen molar-refractivity contribution in [3.05, 3.63) is 62.7 Å². The van der Waals surface area contributed by atoms with Gasteiger partial charge in [-0.3, -0.25) is 14.4 Å². The summed E-state index contributed by atoms with van der Waals surface area (Å²) >= 11 is 6.43. The van der Waals surface area contributed by atoms with E-state index in [1.165, 1.54) is 12.3 Å². The maximum atomic E-state index is 13.0. The Bertz CT molecular complexity index is 1290. The van der Waals surface area contributed by atoms with Gasteiger partial charge in [0.15, 0.2) is 0 Å². The van der Waals surface area contributed by atoms with Crippen LogP contribution in [0.4, 0.5) is 19.0 Å². The Morgan fingerprint density at radius 2 is 1.75 bits per heavy atom. The van der Waals surface area contributed by atoms with Crippen molar-refractivity contribution in [2.75, 3.05) is 18.5 Å². The third-order valence-electron chi connectivity index (χ3n) is 4.40. The summed E-state index contributed by atoms with van der Waals surface area (Å²) < 4.78 is 39.0. The molecule has 1 unspecified atom stereocenters. The van der Waals surface area contributed by atoms with Gasteiger partial charge >= 0.3 is 6.18 Å². The van der Waals surface area contributed by atoms with Crippen molar-refractivity contribution >= 4 is 46.5 Å². The van der Waals surface area contributed by atoms with E-state index < -0.39 is 40.5 Å². The summed E-state index contributed by atoms with van der Waals surface area (Å²) in [6, 6.07) is 1.10. The number of alkyl halides is 3. The normalized spacial score (nSPS) is 12.1. The van der Waals surface area contributed by atoms with Crippen LogP contribution in [0.3, 0.4) is 0 Å². The number of aromatic nitrogens is 4. The molecule has 0 spiro atoms. The van der Waals surface area contributed by atoms with Crippen molar-refractivity contribution in [2.45, 2.75) is 19.1 Å². The van der Waals surface area contributed by atoms with E-state index in [1.807, 2.05) is 0 Å². The van der Waals surface area contributed by atoms with Gasteiger partial charge in [-0.15, -0.1) is 11.3 Å². The highest BCUT2D eigenvalue weighted by atomic mass is 35.5. The van der Waals surface area contributed by atoms with Crippen LogP contribution >= 0.6 is 22.9 Å². The van der Waals surface area contributed by atoms with Crippen molar-refractivity contribution < 1.29 is 32.7 Å². The van der Waals surface area contributed by atoms with Gasteiger partial charge in [-0.05, 0) is 13.0 Å². The maximum Gasteiger partial charge on any atom is 0.418 e. The fourth-order valence-corrected chi connectivity index (χ4v) is 3.72. The molecule has 11 nitrogen and oxygen atoms in total. The predicted octanol–water partition coefficient (Wildman–Crippen LogP) is 2.47. The molecular formula is C20H17ClF3N7O4S. The lowest BCUT2D eigenvalue weighted by atomic mass is 10.2. The van der Waals surface area contributed by atoms with E-state index in [-0.39, 0.29) is 35.2 Å². The monoisotopic (exact) mass is 543 g/mol. The average molecular weight is 544 g/mol. The number of aliphatic hydroxyl groups excluding tert-OH is 1. The van der Waals surface area contributed by atoms with Gasteiger partial charge in [-0.2, -0.15) is 13.2 Å². The van der Waals surface area contributed by atoms with Gasteiger partial charge in [0, 0.05) is 18.8 Å². The van der Waals surface area contributed by atoms with Crippen LogP contribution in [-0.4, -0.2) is 55.9 Å². The van der Waals surface area contributed by atoms with Gasteiger partial charge in [-0.25, -0.2) is 19.9 Å². The molecular weight excluding hydrogens is 527 g/mol. The summed E-state index contributed by atoms with van der Waals surface area (Å²) in [5.41, 5.74) is -1.32. The molecule has 4 N–H and O–H groups in total. The minimum atomic E-state index is -4.72. The van der Waals surface area contributed by atoms with Crippen LogP contribution in [0.1, 0.15) is 54.2 Å². The molecule has 3 aromatic rings. The van der Waals surface area contributed by atoms with Crippen molar-refractivity contribution in [2.24, 2.45) is 0 Å². The standard InChI is InChI=1S/C20H17ClF3N7O4S/c1-9(30-17(34)13-5-12(28-8-29-13)16(33)25-2-3-32)19-27-7-14(36-19)18(35)31-15-4-10(20(22,23)24)11(21)6-26-15/h4-9,32H,2-3H2,1H3,(H,25,33)(H,30,34)(H,26,31,35). The van der Waals surface area contributed by atoms with Crippen LogP contribution in [0.25, 0.3) is 0 Å². The number of hydrogen-bond donors (Lipinski definition) is 4. The Balaban J connectivity index is 1.66. The minimum Gasteiger partial charge on any atom is -0.395 e. The SMILES string of the molecule is CC(NC(=O)c1cc(C(=O)NCCO)ncn1)c1ncc(C(=O)Nc2cc(C(F)(F)F)c(Cl)cn2)s1. The number of halogens is 4. The van der Waals surface area contributed by atoms with Crippen LogP contribution in [0.15, 0.2) is 30.9 Å². The average Bonchev–Trinajstić information content (AvgIpc) is 3.34. The number of nitrogens with one attached hydrogen (secondary N) is 3. The van der Waals surface area contributed by atoms with Gasteiger partial charge in [0.25, 0.3) is 17.7 Å². The van der Waals surface area contributed by atoms with E-state index in [1.54, 1.807) is 6.92 Å². The Morgan fingerprint density at radius 3 is 2.42 bits per heavy atom. The third kappa shape index (κ3) is 6.71. The lowest BCUT2D eigenvalue weighted by Gasteiger charge is -2.11. The van der Waals surface area contributed by atoms with E-state index in [0.29, 0.717) is 11.1 Å². The molecule has 1 atom stereocenters. The molecule has 3 amide bonds. The zero-order valence-corrected chi connectivity index (χ0v) is 19.8. The Kier molecular flexibility index (Phi) is 8.49. The highest BCUT2D eigenvalue weighted by Crippen LogP contribution is 2.35. The first-order chi connectivity index (χ1) is 17.0. The number of carbonyl (C=O) groups is 3. The lowest BCUT2D eigenvalue weighted by Crippen LogP contribution is -2.30. The van der Waals surface area contributed by atoms with Crippen molar-refractivity contribution in [3.63, 3.8) is 0 Å². The highest BCUT2D eigenvalue weighted by molar-refractivity contribution is 7.13. The van der Waals surface area contributed by atoms with Crippen molar-refractivity contribution in [1.82, 2.24) is 30.6 Å². The summed E-state index contributed by atoms with van der Waals surface area (Å²) in [7, 11) is 0. The fraction of sp³-hybridized carbons (Fsp3) is 0.250. The predicted molar refractivity (Wildman–Crippen MR) is 122 cm³/mol. The smallest absolute Gasteiger partial charge is 0.395 e. The summed E-state index contributed by atoms with van der Waals surface area (Å²) in [6.45, 7) is 1.34. The summed E-state index contributed by atoms with van der Waals surface area (Å²) in [4.78, 5) is 52.4. The number of anilines is 1. The fourth-order valence-electron chi connectivity index (χ4n) is 2.69. The Hall–Kier alpha value is -3.69. The van der Waals surface area contributed by atoms with E-state index in [4.69, 9.17) is 16.7 Å². The molecule has 0 aliphatic carbocycles. The van der Waals surface area contributed by atoms with Crippen molar-refractivity contribution in [1.29, 1.82) is 0 Å². The Morgan fingerprint density at radius 1 is 1.06 bits per heavy atom. The number of hydrogen-bond acceptors (Lipinski definition) is 9. The molecule has 0 aromatic carbocycles. The molecule has 0 bridgehead atoms. The molecule has 0 radical (unpaired) electrons. The number of nitrogens with zero attached hydrogens (tertiary/aromatic N) is 4. The second kappa shape index (κ2) is 11.4. The quantitative estimate of drug-likeness (QED) is 0.337. The van der Waals surface area contributed by atoms with Gasteiger partial charge in [-0.1, -0.05) is 11.6 Å². The second-order valence-corrected chi connectivity index (χ2v) is 8.50. The Labute approximate surface area is 210 Å². The number of rotatable bonds is 8. The molecule has 3 aromatic heterocycles. The van der Waals surface area contributed by atoms with Gasteiger partial charge in [0.2, 0.25) is 0 Å². The van der Waals surface area contributed by atoms with Crippen LogP contribution in [0.5, 0.6) is 0 Å². The molecule has 16 heteroatoms. The zero-order valence-electron chi connectivity index (χ0n) is 18.3. The molecule has 0 saturated carbocycles. The number of pyridine rings is 1. The molecule has 0 saturated heterocycles. The molecule has 190 valence electrons. The van der Waals surface area contributed by atoms with Gasteiger partial charge < -0.3 is 21.1 Å². The summed E-state index contributed by atoms with van der Waals surface area (Å²) in [6.07, 6.45) is -1.70. The largest absolute Gasteiger partial charge is 0.418 e. The van der Waals surface area contributed by atoms with Crippen LogP contribution in [-0.2, 0) is 6.18 Å². The molecule has 36 heavy (non-hydrogen) atoms.